The molecule has 102 valence electrons. The summed E-state index contributed by atoms with van der Waals surface area (Å²) >= 11 is 3.41. The van der Waals surface area contributed by atoms with Gasteiger partial charge in [0.15, 0.2) is 0 Å². The van der Waals surface area contributed by atoms with Crippen LogP contribution in [0.25, 0.3) is 0 Å². The highest BCUT2D eigenvalue weighted by atomic mass is 79.9. The van der Waals surface area contributed by atoms with Gasteiger partial charge in [0.1, 0.15) is 0 Å². The molecule has 0 amide bonds. The smallest absolute Gasteiger partial charge is 0.214 e. The molecule has 1 rings (SSSR count). The summed E-state index contributed by atoms with van der Waals surface area (Å²) in [5.74, 6) is 0.739. The highest BCUT2D eigenvalue weighted by molar-refractivity contribution is 9.09. The number of hydrogen-bond donors (Lipinski definition) is 0. The molecule has 0 unspecified atom stereocenters. The summed E-state index contributed by atoms with van der Waals surface area (Å²) < 4.78 is 25.8. The molecule has 17 heavy (non-hydrogen) atoms. The van der Waals surface area contributed by atoms with Gasteiger partial charge in [-0.3, -0.25) is 4.90 Å². The minimum atomic E-state index is -3.02. The Balaban J connectivity index is 2.41. The molecule has 0 bridgehead atoms. The maximum Gasteiger partial charge on any atom is 0.214 e. The van der Waals surface area contributed by atoms with Gasteiger partial charge < -0.3 is 0 Å². The lowest BCUT2D eigenvalue weighted by molar-refractivity contribution is 0.198. The lowest BCUT2D eigenvalue weighted by Crippen LogP contribution is -2.49. The van der Waals surface area contributed by atoms with Crippen LogP contribution in [0, 0.1) is 5.92 Å². The molecule has 1 saturated heterocycles. The predicted octanol–water partition coefficient (Wildman–Crippen LogP) is 1.37. The van der Waals surface area contributed by atoms with Crippen molar-refractivity contribution in [3.8, 4) is 0 Å². The van der Waals surface area contributed by atoms with Gasteiger partial charge >= 0.3 is 0 Å². The standard InChI is InChI=1S/C11H23BrN2O2S/c1-11(2)3-10-17(15,16)14-8-6-13(5-4-12)7-9-14/h11H,3-10H2,1-2H3. The molecule has 0 radical (unpaired) electrons. The zero-order valence-electron chi connectivity index (χ0n) is 10.7. The van der Waals surface area contributed by atoms with Crippen LogP contribution in [-0.2, 0) is 10.0 Å². The number of sulfonamides is 1. The van der Waals surface area contributed by atoms with Gasteiger partial charge in [-0.1, -0.05) is 29.8 Å². The van der Waals surface area contributed by atoms with E-state index in [9.17, 15) is 8.42 Å². The third-order valence-corrected chi connectivity index (χ3v) is 5.34. The van der Waals surface area contributed by atoms with Crippen molar-refractivity contribution in [3.05, 3.63) is 0 Å². The van der Waals surface area contributed by atoms with Crippen LogP contribution in [0.3, 0.4) is 0 Å². The number of halogens is 1. The first-order valence-corrected chi connectivity index (χ1v) is 8.95. The predicted molar refractivity (Wildman–Crippen MR) is 75.0 cm³/mol. The van der Waals surface area contributed by atoms with Gasteiger partial charge in [-0.05, 0) is 12.3 Å². The van der Waals surface area contributed by atoms with Gasteiger partial charge in [0.2, 0.25) is 10.0 Å². The van der Waals surface area contributed by atoms with Crippen LogP contribution in [0.5, 0.6) is 0 Å². The van der Waals surface area contributed by atoms with Crippen molar-refractivity contribution >= 4 is 26.0 Å². The number of nitrogens with zero attached hydrogens (tertiary/aromatic N) is 2. The van der Waals surface area contributed by atoms with E-state index in [4.69, 9.17) is 0 Å². The Bertz CT molecular complexity index is 311. The zero-order valence-corrected chi connectivity index (χ0v) is 13.1. The summed E-state index contributed by atoms with van der Waals surface area (Å²) in [6, 6.07) is 0. The third kappa shape index (κ3) is 5.24. The highest BCUT2D eigenvalue weighted by Crippen LogP contribution is 2.11. The van der Waals surface area contributed by atoms with E-state index in [2.05, 4.69) is 34.7 Å². The molecule has 1 fully saturated rings. The van der Waals surface area contributed by atoms with Gasteiger partial charge in [0.25, 0.3) is 0 Å². The van der Waals surface area contributed by atoms with E-state index in [0.717, 1.165) is 31.4 Å². The fraction of sp³-hybridized carbons (Fsp3) is 1.00. The Morgan fingerprint density at radius 2 is 1.76 bits per heavy atom. The number of alkyl halides is 1. The van der Waals surface area contributed by atoms with Gasteiger partial charge in [-0.2, -0.15) is 4.31 Å². The van der Waals surface area contributed by atoms with Gasteiger partial charge in [0.05, 0.1) is 5.75 Å². The Hall–Kier alpha value is 0.350. The average molecular weight is 327 g/mol. The van der Waals surface area contributed by atoms with Gasteiger partial charge in [0, 0.05) is 38.1 Å². The Kier molecular flexibility index (Phi) is 6.40. The molecule has 0 spiro atoms. The Labute approximate surface area is 114 Å². The average Bonchev–Trinajstić information content (AvgIpc) is 2.28. The molecule has 0 atom stereocenters. The van der Waals surface area contributed by atoms with Crippen molar-refractivity contribution < 1.29 is 8.42 Å². The first-order valence-electron chi connectivity index (χ1n) is 6.22. The monoisotopic (exact) mass is 326 g/mol. The maximum atomic E-state index is 12.1. The summed E-state index contributed by atoms with van der Waals surface area (Å²) in [7, 11) is -3.02. The van der Waals surface area contributed by atoms with Crippen LogP contribution < -0.4 is 0 Å². The molecule has 0 aliphatic carbocycles. The topological polar surface area (TPSA) is 40.6 Å². The molecule has 0 aromatic carbocycles. The van der Waals surface area contributed by atoms with Crippen LogP contribution in [0.4, 0.5) is 0 Å². The SMILES string of the molecule is CC(C)CCS(=O)(=O)N1CCN(CCBr)CC1. The summed E-state index contributed by atoms with van der Waals surface area (Å²) in [4.78, 5) is 2.29. The lowest BCUT2D eigenvalue weighted by Gasteiger charge is -2.33. The van der Waals surface area contributed by atoms with Gasteiger partial charge in [-0.15, -0.1) is 0 Å². The molecular weight excluding hydrogens is 304 g/mol. The van der Waals surface area contributed by atoms with E-state index in [1.54, 1.807) is 4.31 Å². The number of piperazine rings is 1. The fourth-order valence-corrected chi connectivity index (χ4v) is 4.11. The second-order valence-electron chi connectivity index (χ2n) is 4.93. The van der Waals surface area contributed by atoms with Crippen LogP contribution in [0.15, 0.2) is 0 Å². The van der Waals surface area contributed by atoms with Crippen molar-refractivity contribution in [2.24, 2.45) is 5.92 Å². The normalized spacial score (nSPS) is 20.0. The molecule has 0 N–H and O–H groups in total. The van der Waals surface area contributed by atoms with Crippen molar-refractivity contribution in [2.75, 3.05) is 43.8 Å². The minimum absolute atomic E-state index is 0.295. The van der Waals surface area contributed by atoms with E-state index in [1.165, 1.54) is 0 Å². The van der Waals surface area contributed by atoms with Crippen molar-refractivity contribution in [2.45, 2.75) is 20.3 Å². The van der Waals surface area contributed by atoms with Crippen molar-refractivity contribution in [1.82, 2.24) is 9.21 Å². The second kappa shape index (κ2) is 7.07. The molecular formula is C11H23BrN2O2S. The molecule has 1 aliphatic heterocycles. The van der Waals surface area contributed by atoms with Crippen LogP contribution in [0.1, 0.15) is 20.3 Å². The largest absolute Gasteiger partial charge is 0.300 e. The summed E-state index contributed by atoms with van der Waals surface area (Å²) in [6.07, 6.45) is 0.754. The summed E-state index contributed by atoms with van der Waals surface area (Å²) in [5, 5.41) is 0.951. The molecule has 0 aromatic heterocycles. The maximum absolute atomic E-state index is 12.1. The number of hydrogen-bond acceptors (Lipinski definition) is 3. The van der Waals surface area contributed by atoms with E-state index in [1.807, 2.05) is 0 Å². The molecule has 1 aliphatic rings. The van der Waals surface area contributed by atoms with Gasteiger partial charge in [-0.25, -0.2) is 8.42 Å². The molecule has 6 heteroatoms. The quantitative estimate of drug-likeness (QED) is 0.692. The Morgan fingerprint density at radius 1 is 1.18 bits per heavy atom. The minimum Gasteiger partial charge on any atom is -0.300 e. The lowest BCUT2D eigenvalue weighted by atomic mass is 10.2. The number of rotatable bonds is 6. The molecule has 0 saturated carbocycles. The van der Waals surface area contributed by atoms with E-state index in [-0.39, 0.29) is 0 Å². The molecule has 0 aromatic rings. The summed E-state index contributed by atoms with van der Waals surface area (Å²) in [5.41, 5.74) is 0. The first-order chi connectivity index (χ1) is 7.95. The van der Waals surface area contributed by atoms with E-state index >= 15 is 0 Å². The van der Waals surface area contributed by atoms with Crippen LogP contribution >= 0.6 is 15.9 Å². The van der Waals surface area contributed by atoms with Crippen molar-refractivity contribution in [3.63, 3.8) is 0 Å². The Morgan fingerprint density at radius 3 is 2.24 bits per heavy atom. The second-order valence-corrected chi connectivity index (χ2v) is 7.81. The van der Waals surface area contributed by atoms with E-state index in [0.29, 0.717) is 24.8 Å². The fourth-order valence-electron chi connectivity index (χ4n) is 1.86. The molecule has 4 nitrogen and oxygen atoms in total. The van der Waals surface area contributed by atoms with Crippen LogP contribution in [-0.4, -0.2) is 61.4 Å². The van der Waals surface area contributed by atoms with Crippen molar-refractivity contribution in [1.29, 1.82) is 0 Å². The first kappa shape index (κ1) is 15.4. The van der Waals surface area contributed by atoms with E-state index < -0.39 is 10.0 Å². The zero-order chi connectivity index (χ0) is 12.9. The summed E-state index contributed by atoms with van der Waals surface area (Å²) in [6.45, 7) is 8.12. The molecule has 1 heterocycles. The third-order valence-electron chi connectivity index (χ3n) is 3.08. The highest BCUT2D eigenvalue weighted by Gasteiger charge is 2.26. The van der Waals surface area contributed by atoms with Crippen LogP contribution in [0.2, 0.25) is 0 Å².